The van der Waals surface area contributed by atoms with Crippen molar-refractivity contribution >= 4 is 44.1 Å². The minimum absolute atomic E-state index is 0. The molecule has 5 heteroatoms. The maximum absolute atomic E-state index is 8.92. The van der Waals surface area contributed by atoms with Gasteiger partial charge in [-0.1, -0.05) is 0 Å². The third-order valence-corrected chi connectivity index (χ3v) is 0.0902. The number of hydrogen-bond donors (Lipinski definition) is 1. The zero-order chi connectivity index (χ0) is 4.28. The van der Waals surface area contributed by atoms with Gasteiger partial charge in [-0.05, 0) is 0 Å². The zero-order valence-corrected chi connectivity index (χ0v) is 2.29. The first-order chi connectivity index (χ1) is 2.27. The third kappa shape index (κ3) is 8.84. The Hall–Kier alpha value is 0.330. The number of amides is 1. The Morgan fingerprint density at radius 2 is 1.83 bits per heavy atom. The van der Waals surface area contributed by atoms with Crippen LogP contribution in [0.5, 0.6) is 0 Å². The number of carbonyl (C=O) groups excluding carboxylic acids is 1. The second-order valence-electron chi connectivity index (χ2n) is 0.408. The molecule has 0 saturated carbocycles. The van der Waals surface area contributed by atoms with Crippen molar-refractivity contribution in [1.29, 1.82) is 0 Å². The third-order valence-electron chi connectivity index (χ3n) is 0.0902. The molecule has 0 saturated heterocycles. The van der Waals surface area contributed by atoms with Crippen LogP contribution in [0.25, 0.3) is 0 Å². The van der Waals surface area contributed by atoms with E-state index in [2.05, 4.69) is 0 Å². The summed E-state index contributed by atoms with van der Waals surface area (Å²) < 4.78 is 0. The fourth-order valence-corrected chi connectivity index (χ4v) is 0. The van der Waals surface area contributed by atoms with Gasteiger partial charge < -0.3 is 0 Å². The molecule has 0 aliphatic rings. The topological polar surface area (TPSA) is 57.4 Å². The Labute approximate surface area is 63.7 Å². The van der Waals surface area contributed by atoms with Crippen molar-refractivity contribution < 1.29 is 14.9 Å². The summed E-state index contributed by atoms with van der Waals surface area (Å²) in [6.45, 7) is 0. The molecule has 32 valence electrons. The Kier molecular flexibility index (Phi) is 8.52. The quantitative estimate of drug-likeness (QED) is 0.195. The molecule has 0 bridgehead atoms. The van der Waals surface area contributed by atoms with E-state index in [4.69, 9.17) is 14.9 Å². The number of rotatable bonds is 1. The van der Waals surface area contributed by atoms with Gasteiger partial charge in [0.25, 0.3) is 4.92 Å². The molecule has 1 N–H and O–H groups in total. The van der Waals surface area contributed by atoms with E-state index in [1.54, 1.807) is 0 Å². The average molecular weight is 118 g/mol. The van der Waals surface area contributed by atoms with Gasteiger partial charge in [-0.15, -0.1) is 0 Å². The molecule has 0 spiro atoms. The van der Waals surface area contributed by atoms with Crippen LogP contribution < -0.4 is 0 Å². The van der Waals surface area contributed by atoms with Crippen molar-refractivity contribution in [2.24, 2.45) is 0 Å². The molecule has 0 aromatic carbocycles. The molecule has 0 heterocycles. The predicted octanol–water partition coefficient (Wildman–Crippen LogP) is -1.61. The van der Waals surface area contributed by atoms with Gasteiger partial charge in [-0.25, -0.2) is 10.0 Å². The van der Waals surface area contributed by atoms with Crippen LogP contribution in [0.4, 0.5) is 0 Å². The fraction of sp³-hybridized carbons (Fsp3) is 0. The summed E-state index contributed by atoms with van der Waals surface area (Å²) in [6.07, 6.45) is -0.250. The van der Waals surface area contributed by atoms with Gasteiger partial charge in [0.2, 0.25) is 0 Å². The standard InChI is InChI=1S/CH2NO3.Ca.2H/c3-1-2(4)5;;;/h1H,(H,4,5);;;/q+1;;;. The van der Waals surface area contributed by atoms with E-state index >= 15 is 0 Å². The Balaban J connectivity index is 0. The zero-order valence-electron chi connectivity index (χ0n) is 2.29. The molecule has 1 amide bonds. The summed E-state index contributed by atoms with van der Waals surface area (Å²) in [4.78, 5) is 17.0. The van der Waals surface area contributed by atoms with Crippen molar-refractivity contribution in [1.82, 2.24) is 0 Å². The van der Waals surface area contributed by atoms with Crippen LogP contribution in [-0.4, -0.2) is 54.3 Å². The van der Waals surface area contributed by atoms with Crippen LogP contribution in [0.15, 0.2) is 0 Å². The van der Waals surface area contributed by atoms with Crippen LogP contribution in [-0.2, 0) is 4.79 Å². The first kappa shape index (κ1) is 9.59. The van der Waals surface area contributed by atoms with E-state index in [9.17, 15) is 0 Å². The molecule has 0 radical (unpaired) electrons. The minimum atomic E-state index is -0.806. The van der Waals surface area contributed by atoms with Crippen molar-refractivity contribution in [3.8, 4) is 0 Å². The SMILES string of the molecule is O=C[N+](=O)O.[CaH2]. The Morgan fingerprint density at radius 3 is 1.83 bits per heavy atom. The number of carbonyl (C=O) groups is 1. The Bertz CT molecular complexity index is 61.8. The summed E-state index contributed by atoms with van der Waals surface area (Å²) >= 11 is 0. The summed E-state index contributed by atoms with van der Waals surface area (Å²) in [5.74, 6) is 0. The van der Waals surface area contributed by atoms with E-state index in [-0.39, 0.29) is 44.1 Å². The van der Waals surface area contributed by atoms with Gasteiger partial charge in [0.15, 0.2) is 0 Å². The Morgan fingerprint density at radius 1 is 1.67 bits per heavy atom. The van der Waals surface area contributed by atoms with Gasteiger partial charge in [-0.3, -0.25) is 0 Å². The predicted molar refractivity (Wildman–Crippen MR) is 20.0 cm³/mol. The van der Waals surface area contributed by atoms with Crippen molar-refractivity contribution in [2.75, 3.05) is 0 Å². The van der Waals surface area contributed by atoms with Gasteiger partial charge >= 0.3 is 44.1 Å². The molecule has 0 atom stereocenters. The molecule has 0 aliphatic carbocycles. The first-order valence-corrected chi connectivity index (χ1v) is 0.876. The van der Waals surface area contributed by atoms with E-state index in [1.807, 2.05) is 0 Å². The number of nitrogens with zero attached hydrogens (tertiary/aromatic N) is 1. The monoisotopic (exact) mass is 118 g/mol. The van der Waals surface area contributed by atoms with Gasteiger partial charge in [0, 0.05) is 0 Å². The average Bonchev–Trinajstić information content (AvgIpc) is 1.38. The van der Waals surface area contributed by atoms with Crippen LogP contribution in [0.3, 0.4) is 0 Å². The van der Waals surface area contributed by atoms with Crippen molar-refractivity contribution in [2.45, 2.75) is 0 Å². The molecule has 0 aromatic heterocycles. The summed E-state index contributed by atoms with van der Waals surface area (Å²) in [5.41, 5.74) is 0. The summed E-state index contributed by atoms with van der Waals surface area (Å²) in [5, 5.41) is 7.27. The normalized spacial score (nSPS) is 5.33. The van der Waals surface area contributed by atoms with Gasteiger partial charge in [0.05, 0.1) is 4.91 Å². The first-order valence-electron chi connectivity index (χ1n) is 0.876. The molecule has 4 nitrogen and oxygen atoms in total. The molecule has 0 unspecified atom stereocenters. The second-order valence-corrected chi connectivity index (χ2v) is 0.408. The van der Waals surface area contributed by atoms with Gasteiger partial charge in [0.1, 0.15) is 0 Å². The van der Waals surface area contributed by atoms with Crippen LogP contribution in [0.1, 0.15) is 0 Å². The number of hydrogen-bond acceptors (Lipinski definition) is 2. The van der Waals surface area contributed by atoms with E-state index in [1.165, 1.54) is 0 Å². The summed E-state index contributed by atoms with van der Waals surface area (Å²) in [6, 6.07) is 0. The summed E-state index contributed by atoms with van der Waals surface area (Å²) in [7, 11) is 0. The van der Waals surface area contributed by atoms with Crippen LogP contribution in [0, 0.1) is 4.91 Å². The van der Waals surface area contributed by atoms with Crippen LogP contribution >= 0.6 is 0 Å². The van der Waals surface area contributed by atoms with E-state index < -0.39 is 4.92 Å². The van der Waals surface area contributed by atoms with Gasteiger partial charge in [-0.2, -0.15) is 0 Å². The molecule has 0 fully saturated rings. The van der Waals surface area contributed by atoms with Crippen LogP contribution in [0.2, 0.25) is 0 Å². The molecule has 0 rings (SSSR count). The molecular weight excluding hydrogens is 114 g/mol. The van der Waals surface area contributed by atoms with E-state index in [0.717, 1.165) is 0 Å². The van der Waals surface area contributed by atoms with E-state index in [0.29, 0.717) is 0 Å². The molecule has 0 aliphatic heterocycles. The molecule has 6 heavy (non-hydrogen) atoms. The molecular formula is CH4CaNO3+. The van der Waals surface area contributed by atoms with Crippen molar-refractivity contribution in [3.05, 3.63) is 4.91 Å². The van der Waals surface area contributed by atoms with Crippen molar-refractivity contribution in [3.63, 3.8) is 0 Å². The fourth-order valence-electron chi connectivity index (χ4n) is 0. The molecule has 0 aromatic rings. The maximum atomic E-state index is 8.92. The second kappa shape index (κ2) is 5.33.